The molecule has 0 saturated carbocycles. The summed E-state index contributed by atoms with van der Waals surface area (Å²) in [7, 11) is 0. The fourth-order valence-corrected chi connectivity index (χ4v) is 3.03. The molecule has 2 atom stereocenters. The number of alkyl halides is 1. The van der Waals surface area contributed by atoms with E-state index in [4.69, 9.17) is 0 Å². The van der Waals surface area contributed by atoms with Gasteiger partial charge in [0.05, 0.1) is 0 Å². The first-order valence-electron chi connectivity index (χ1n) is 5.99. The molecule has 0 radical (unpaired) electrons. The number of nitriles is 1. The van der Waals surface area contributed by atoms with E-state index < -0.39 is 8.91 Å². The zero-order chi connectivity index (χ0) is 16.0. The minimum atomic E-state index is -1.02. The Hall–Kier alpha value is -1.22. The van der Waals surface area contributed by atoms with E-state index in [1.807, 2.05) is 6.07 Å². The van der Waals surface area contributed by atoms with E-state index in [1.165, 1.54) is 12.2 Å². The van der Waals surface area contributed by atoms with E-state index in [-0.39, 0.29) is 11.4 Å². The quantitative estimate of drug-likeness (QED) is 0.192. The number of thiol groups is 2. The summed E-state index contributed by atoms with van der Waals surface area (Å²) in [4.78, 5) is 12.6. The largest absolute Gasteiger partial charge is 0.288 e. The van der Waals surface area contributed by atoms with E-state index in [0.717, 1.165) is 0 Å². The SMILES string of the molecule is C=CC(S)/C(=C(/C#N)C(=O)c1ccccc1)C(S)(Br)C=C. The molecule has 0 aliphatic carbocycles. The van der Waals surface area contributed by atoms with Crippen molar-refractivity contribution in [1.82, 2.24) is 0 Å². The van der Waals surface area contributed by atoms with E-state index in [0.29, 0.717) is 11.1 Å². The van der Waals surface area contributed by atoms with Gasteiger partial charge in [0, 0.05) is 10.8 Å². The highest BCUT2D eigenvalue weighted by Crippen LogP contribution is 2.39. The smallest absolute Gasteiger partial charge is 0.203 e. The van der Waals surface area contributed by atoms with Crippen molar-refractivity contribution in [3.63, 3.8) is 0 Å². The van der Waals surface area contributed by atoms with Crippen LogP contribution in [0.25, 0.3) is 0 Å². The number of allylic oxidation sites excluding steroid dienone is 1. The van der Waals surface area contributed by atoms with Gasteiger partial charge < -0.3 is 0 Å². The molecule has 2 nitrogen and oxygen atoms in total. The van der Waals surface area contributed by atoms with Crippen LogP contribution in [0.1, 0.15) is 10.4 Å². The second-order valence-electron chi connectivity index (χ2n) is 4.15. The summed E-state index contributed by atoms with van der Waals surface area (Å²) in [5.74, 6) is -0.381. The highest BCUT2D eigenvalue weighted by atomic mass is 79.9. The Labute approximate surface area is 144 Å². The van der Waals surface area contributed by atoms with Gasteiger partial charge in [0.1, 0.15) is 15.3 Å². The Morgan fingerprint density at radius 3 is 2.38 bits per heavy atom. The van der Waals surface area contributed by atoms with Crippen molar-refractivity contribution in [1.29, 1.82) is 5.26 Å². The molecule has 5 heteroatoms. The lowest BCUT2D eigenvalue weighted by Crippen LogP contribution is -2.24. The standard InChI is InChI=1S/C16H14BrNOS2/c1-3-13(20)14(16(17,21)4-2)12(10-18)15(19)11-8-6-5-7-9-11/h3-9,13,20-21H,1-2H2/b14-12+. The number of ketones is 1. The Balaban J connectivity index is 3.55. The number of hydrogen-bond acceptors (Lipinski definition) is 4. The first-order valence-corrected chi connectivity index (χ1v) is 7.74. The van der Waals surface area contributed by atoms with Crippen molar-refractivity contribution in [2.75, 3.05) is 0 Å². The maximum absolute atomic E-state index is 12.6. The lowest BCUT2D eigenvalue weighted by atomic mass is 9.95. The number of halogens is 1. The van der Waals surface area contributed by atoms with Crippen LogP contribution in [-0.4, -0.2) is 14.7 Å². The monoisotopic (exact) mass is 379 g/mol. The first kappa shape index (κ1) is 17.8. The molecule has 0 N–H and O–H groups in total. The normalized spacial score (nSPS) is 15.9. The van der Waals surface area contributed by atoms with E-state index in [9.17, 15) is 10.1 Å². The van der Waals surface area contributed by atoms with Crippen LogP contribution < -0.4 is 0 Å². The fourth-order valence-electron chi connectivity index (χ4n) is 1.73. The molecule has 0 saturated heterocycles. The summed E-state index contributed by atoms with van der Waals surface area (Å²) >= 11 is 12.1. The summed E-state index contributed by atoms with van der Waals surface area (Å²) in [6, 6.07) is 10.6. The van der Waals surface area contributed by atoms with Crippen molar-refractivity contribution in [3.05, 3.63) is 72.4 Å². The predicted octanol–water partition coefficient (Wildman–Crippen LogP) is 4.38. The van der Waals surface area contributed by atoms with Crippen molar-refractivity contribution in [2.24, 2.45) is 0 Å². The summed E-state index contributed by atoms with van der Waals surface area (Å²) in [6.07, 6.45) is 3.03. The van der Waals surface area contributed by atoms with Crippen LogP contribution >= 0.6 is 41.2 Å². The van der Waals surface area contributed by atoms with Crippen LogP contribution in [0.15, 0.2) is 66.8 Å². The lowest BCUT2D eigenvalue weighted by Gasteiger charge is -2.25. The van der Waals surface area contributed by atoms with Gasteiger partial charge in [-0.05, 0) is 5.57 Å². The molecule has 0 aliphatic heterocycles. The predicted molar refractivity (Wildman–Crippen MR) is 97.2 cm³/mol. The van der Waals surface area contributed by atoms with E-state index >= 15 is 0 Å². The van der Waals surface area contributed by atoms with Gasteiger partial charge >= 0.3 is 0 Å². The maximum Gasteiger partial charge on any atom is 0.203 e. The molecule has 0 bridgehead atoms. The number of benzene rings is 1. The third-order valence-corrected chi connectivity index (χ3v) is 4.45. The Morgan fingerprint density at radius 1 is 1.38 bits per heavy atom. The van der Waals surface area contributed by atoms with Crippen LogP contribution in [0.2, 0.25) is 0 Å². The molecule has 0 fully saturated rings. The highest BCUT2D eigenvalue weighted by molar-refractivity contribution is 9.11. The minimum absolute atomic E-state index is 0.0205. The van der Waals surface area contributed by atoms with Gasteiger partial charge in [-0.2, -0.15) is 30.5 Å². The Morgan fingerprint density at radius 2 is 1.95 bits per heavy atom. The zero-order valence-electron chi connectivity index (χ0n) is 11.2. The van der Waals surface area contributed by atoms with Crippen LogP contribution in [0.4, 0.5) is 0 Å². The number of rotatable bonds is 6. The Bertz CT molecular complexity index is 629. The summed E-state index contributed by atoms with van der Waals surface area (Å²) < 4.78 is -1.02. The Kier molecular flexibility index (Phi) is 6.53. The molecular formula is C16H14BrNOS2. The van der Waals surface area contributed by atoms with Crippen LogP contribution in [0, 0.1) is 11.3 Å². The van der Waals surface area contributed by atoms with Gasteiger partial charge in [-0.3, -0.25) is 4.79 Å². The molecule has 1 aromatic carbocycles. The van der Waals surface area contributed by atoms with Crippen molar-refractivity contribution in [2.45, 2.75) is 8.91 Å². The van der Waals surface area contributed by atoms with Crippen LogP contribution in [0.3, 0.4) is 0 Å². The minimum Gasteiger partial charge on any atom is -0.288 e. The average Bonchev–Trinajstić information content (AvgIpc) is 2.51. The van der Waals surface area contributed by atoms with Crippen molar-refractivity contribution < 1.29 is 4.79 Å². The molecule has 2 unspecified atom stereocenters. The molecule has 1 aromatic rings. The van der Waals surface area contributed by atoms with Crippen LogP contribution in [0.5, 0.6) is 0 Å². The molecule has 0 aliphatic rings. The maximum atomic E-state index is 12.6. The number of carbonyl (C=O) groups is 1. The second kappa shape index (κ2) is 7.69. The fraction of sp³-hybridized carbons (Fsp3) is 0.125. The molecule has 0 aromatic heterocycles. The van der Waals surface area contributed by atoms with Gasteiger partial charge in [0.25, 0.3) is 0 Å². The molecule has 108 valence electrons. The van der Waals surface area contributed by atoms with E-state index in [1.54, 1.807) is 30.3 Å². The number of nitrogens with zero attached hydrogens (tertiary/aromatic N) is 1. The lowest BCUT2D eigenvalue weighted by molar-refractivity contribution is 0.103. The topological polar surface area (TPSA) is 40.9 Å². The van der Waals surface area contributed by atoms with Gasteiger partial charge in [-0.25, -0.2) is 0 Å². The molecule has 21 heavy (non-hydrogen) atoms. The number of hydrogen-bond donors (Lipinski definition) is 2. The molecular weight excluding hydrogens is 366 g/mol. The summed E-state index contributed by atoms with van der Waals surface area (Å²) in [5.41, 5.74) is 0.806. The van der Waals surface area contributed by atoms with Crippen molar-refractivity contribution >= 4 is 47.0 Å². The number of carbonyl (C=O) groups excluding carboxylic acids is 1. The van der Waals surface area contributed by atoms with Gasteiger partial charge in [0.2, 0.25) is 5.78 Å². The number of Topliss-reactive ketones (excluding diaryl/α,β-unsaturated/α-hetero) is 1. The average molecular weight is 380 g/mol. The van der Waals surface area contributed by atoms with Gasteiger partial charge in [0.15, 0.2) is 0 Å². The molecule has 0 spiro atoms. The van der Waals surface area contributed by atoms with Crippen LogP contribution in [-0.2, 0) is 0 Å². The van der Waals surface area contributed by atoms with E-state index in [2.05, 4.69) is 54.3 Å². The third-order valence-electron chi connectivity index (χ3n) is 2.81. The van der Waals surface area contributed by atoms with Crippen molar-refractivity contribution in [3.8, 4) is 6.07 Å². The third kappa shape index (κ3) is 4.13. The molecule has 0 heterocycles. The zero-order valence-corrected chi connectivity index (χ0v) is 14.5. The first-order chi connectivity index (χ1) is 9.88. The highest BCUT2D eigenvalue weighted by Gasteiger charge is 2.32. The molecule has 1 rings (SSSR count). The molecule has 0 amide bonds. The van der Waals surface area contributed by atoms with Gasteiger partial charge in [-0.1, -0.05) is 58.4 Å². The summed E-state index contributed by atoms with van der Waals surface area (Å²) in [6.45, 7) is 7.33. The summed E-state index contributed by atoms with van der Waals surface area (Å²) in [5, 5.41) is 8.93. The van der Waals surface area contributed by atoms with Gasteiger partial charge in [-0.15, -0.1) is 13.2 Å². The second-order valence-corrected chi connectivity index (χ2v) is 7.28.